The Hall–Kier alpha value is -2.61. The highest BCUT2D eigenvalue weighted by Crippen LogP contribution is 2.30. The van der Waals surface area contributed by atoms with E-state index in [1.165, 1.54) is 32.9 Å². The van der Waals surface area contributed by atoms with E-state index in [2.05, 4.69) is 78.0 Å². The second kappa shape index (κ2) is 4.99. The van der Waals surface area contributed by atoms with Crippen LogP contribution in [0.3, 0.4) is 0 Å². The molecule has 0 atom stereocenters. The number of hydrogen-bond acceptors (Lipinski definition) is 1. The van der Waals surface area contributed by atoms with E-state index in [-0.39, 0.29) is 0 Å². The molecule has 0 aliphatic heterocycles. The molecule has 0 spiro atoms. The van der Waals surface area contributed by atoms with E-state index >= 15 is 0 Å². The maximum atomic E-state index is 4.50. The molecule has 0 fully saturated rings. The summed E-state index contributed by atoms with van der Waals surface area (Å²) in [5, 5.41) is 2.59. The monoisotopic (exact) mass is 286 g/mol. The summed E-state index contributed by atoms with van der Waals surface area (Å²) >= 11 is 0. The molecule has 2 heteroatoms. The van der Waals surface area contributed by atoms with Gasteiger partial charge in [-0.2, -0.15) is 0 Å². The number of para-hydroxylation sites is 1. The standard InChI is InChI=1S/C20H18N2/c1-14-7-9-16(10-8-14)13-22-19-6-4-3-5-17(19)18-11-12-21-15(2)20(18)22/h3-12H,13H2,1-2H3. The Balaban J connectivity index is 1.99. The lowest BCUT2D eigenvalue weighted by Gasteiger charge is -2.09. The Morgan fingerprint density at radius 1 is 0.864 bits per heavy atom. The zero-order valence-corrected chi connectivity index (χ0v) is 12.9. The van der Waals surface area contributed by atoms with E-state index in [1.807, 2.05) is 6.20 Å². The van der Waals surface area contributed by atoms with Crippen molar-refractivity contribution in [1.29, 1.82) is 0 Å². The average molecular weight is 286 g/mol. The fourth-order valence-corrected chi connectivity index (χ4v) is 3.21. The first kappa shape index (κ1) is 13.1. The molecule has 0 bridgehead atoms. The minimum atomic E-state index is 0.872. The number of hydrogen-bond donors (Lipinski definition) is 0. The van der Waals surface area contributed by atoms with Crippen LogP contribution in [0, 0.1) is 13.8 Å². The highest BCUT2D eigenvalue weighted by molar-refractivity contribution is 6.08. The highest BCUT2D eigenvalue weighted by Gasteiger charge is 2.12. The Morgan fingerprint density at radius 3 is 2.45 bits per heavy atom. The topological polar surface area (TPSA) is 17.8 Å². The van der Waals surface area contributed by atoms with Crippen LogP contribution in [-0.4, -0.2) is 9.55 Å². The van der Waals surface area contributed by atoms with Crippen LogP contribution in [-0.2, 0) is 6.54 Å². The number of fused-ring (bicyclic) bond motifs is 3. The number of aromatic nitrogens is 2. The van der Waals surface area contributed by atoms with Gasteiger partial charge in [0.2, 0.25) is 0 Å². The highest BCUT2D eigenvalue weighted by atomic mass is 15.0. The first-order valence-corrected chi connectivity index (χ1v) is 7.62. The molecule has 0 saturated heterocycles. The number of rotatable bonds is 2. The smallest absolute Gasteiger partial charge is 0.0710 e. The fraction of sp³-hybridized carbons (Fsp3) is 0.150. The van der Waals surface area contributed by atoms with Crippen molar-refractivity contribution < 1.29 is 0 Å². The van der Waals surface area contributed by atoms with Crippen LogP contribution in [0.4, 0.5) is 0 Å². The van der Waals surface area contributed by atoms with Gasteiger partial charge in [0.15, 0.2) is 0 Å². The Labute approximate surface area is 130 Å². The first-order chi connectivity index (χ1) is 10.7. The molecule has 4 rings (SSSR count). The lowest BCUT2D eigenvalue weighted by atomic mass is 10.1. The van der Waals surface area contributed by atoms with Crippen molar-refractivity contribution >= 4 is 21.8 Å². The largest absolute Gasteiger partial charge is 0.334 e. The average Bonchev–Trinajstić information content (AvgIpc) is 2.86. The van der Waals surface area contributed by atoms with E-state index in [1.54, 1.807) is 0 Å². The lowest BCUT2D eigenvalue weighted by Crippen LogP contribution is -2.01. The van der Waals surface area contributed by atoms with Gasteiger partial charge in [0.1, 0.15) is 0 Å². The summed E-state index contributed by atoms with van der Waals surface area (Å²) in [4.78, 5) is 4.50. The molecule has 0 aliphatic carbocycles. The van der Waals surface area contributed by atoms with Gasteiger partial charge in [0.25, 0.3) is 0 Å². The molecule has 22 heavy (non-hydrogen) atoms. The number of aryl methyl sites for hydroxylation is 2. The minimum Gasteiger partial charge on any atom is -0.334 e. The third-order valence-corrected chi connectivity index (χ3v) is 4.32. The van der Waals surface area contributed by atoms with Crippen LogP contribution in [0.5, 0.6) is 0 Å². The molecule has 2 aromatic carbocycles. The molecule has 0 unspecified atom stereocenters. The quantitative estimate of drug-likeness (QED) is 0.515. The molecule has 0 saturated carbocycles. The van der Waals surface area contributed by atoms with Crippen LogP contribution in [0.15, 0.2) is 60.8 Å². The number of nitrogens with zero attached hydrogens (tertiary/aromatic N) is 2. The molecule has 0 aliphatic rings. The van der Waals surface area contributed by atoms with Gasteiger partial charge in [-0.3, -0.25) is 4.98 Å². The van der Waals surface area contributed by atoms with Crippen molar-refractivity contribution in [2.75, 3.05) is 0 Å². The minimum absolute atomic E-state index is 0.872. The summed E-state index contributed by atoms with van der Waals surface area (Å²) in [6.07, 6.45) is 1.90. The zero-order chi connectivity index (χ0) is 15.1. The molecule has 2 nitrogen and oxygen atoms in total. The summed E-state index contributed by atoms with van der Waals surface area (Å²) < 4.78 is 2.39. The Kier molecular flexibility index (Phi) is 2.97. The molecule has 108 valence electrons. The van der Waals surface area contributed by atoms with Gasteiger partial charge in [-0.05, 0) is 31.5 Å². The van der Waals surface area contributed by atoms with E-state index < -0.39 is 0 Å². The van der Waals surface area contributed by atoms with E-state index in [0.29, 0.717) is 0 Å². The van der Waals surface area contributed by atoms with Crippen LogP contribution in [0.1, 0.15) is 16.8 Å². The SMILES string of the molecule is Cc1ccc(Cn2c3ccccc3c3ccnc(C)c32)cc1. The molecule has 0 N–H and O–H groups in total. The maximum absolute atomic E-state index is 4.50. The van der Waals surface area contributed by atoms with Crippen LogP contribution < -0.4 is 0 Å². The second-order valence-electron chi connectivity index (χ2n) is 5.88. The molecule has 2 heterocycles. The van der Waals surface area contributed by atoms with Gasteiger partial charge in [-0.25, -0.2) is 0 Å². The maximum Gasteiger partial charge on any atom is 0.0710 e. The number of benzene rings is 2. The van der Waals surface area contributed by atoms with E-state index in [9.17, 15) is 0 Å². The molecular formula is C20H18N2. The Bertz CT molecular complexity index is 962. The first-order valence-electron chi connectivity index (χ1n) is 7.62. The van der Waals surface area contributed by atoms with Crippen molar-refractivity contribution in [3.8, 4) is 0 Å². The Morgan fingerprint density at radius 2 is 1.64 bits per heavy atom. The summed E-state index contributed by atoms with van der Waals surface area (Å²) in [7, 11) is 0. The predicted octanol–water partition coefficient (Wildman–Crippen LogP) is 4.85. The van der Waals surface area contributed by atoms with Gasteiger partial charge < -0.3 is 4.57 Å². The number of pyridine rings is 1. The normalized spacial score (nSPS) is 11.4. The fourth-order valence-electron chi connectivity index (χ4n) is 3.21. The third-order valence-electron chi connectivity index (χ3n) is 4.32. The predicted molar refractivity (Wildman–Crippen MR) is 92.3 cm³/mol. The molecule has 0 amide bonds. The van der Waals surface area contributed by atoms with Crippen molar-refractivity contribution in [2.24, 2.45) is 0 Å². The van der Waals surface area contributed by atoms with Gasteiger partial charge >= 0.3 is 0 Å². The molecule has 4 aromatic rings. The molecule has 0 radical (unpaired) electrons. The van der Waals surface area contributed by atoms with Crippen LogP contribution >= 0.6 is 0 Å². The van der Waals surface area contributed by atoms with Crippen molar-refractivity contribution in [1.82, 2.24) is 9.55 Å². The van der Waals surface area contributed by atoms with Crippen molar-refractivity contribution in [2.45, 2.75) is 20.4 Å². The van der Waals surface area contributed by atoms with E-state index in [0.717, 1.165) is 12.2 Å². The molecule has 2 aromatic heterocycles. The van der Waals surface area contributed by atoms with Crippen molar-refractivity contribution in [3.63, 3.8) is 0 Å². The van der Waals surface area contributed by atoms with Gasteiger partial charge in [0, 0.05) is 29.0 Å². The van der Waals surface area contributed by atoms with Gasteiger partial charge in [-0.1, -0.05) is 48.0 Å². The summed E-state index contributed by atoms with van der Waals surface area (Å²) in [6, 6.07) is 19.5. The van der Waals surface area contributed by atoms with Gasteiger partial charge in [0.05, 0.1) is 11.2 Å². The summed E-state index contributed by atoms with van der Waals surface area (Å²) in [5.41, 5.74) is 6.21. The summed E-state index contributed by atoms with van der Waals surface area (Å²) in [6.45, 7) is 5.09. The molecular weight excluding hydrogens is 268 g/mol. The second-order valence-corrected chi connectivity index (χ2v) is 5.88. The van der Waals surface area contributed by atoms with Gasteiger partial charge in [-0.15, -0.1) is 0 Å². The third kappa shape index (κ3) is 2.00. The summed E-state index contributed by atoms with van der Waals surface area (Å²) in [5.74, 6) is 0. The van der Waals surface area contributed by atoms with Crippen LogP contribution in [0.2, 0.25) is 0 Å². The van der Waals surface area contributed by atoms with E-state index in [4.69, 9.17) is 0 Å². The zero-order valence-electron chi connectivity index (χ0n) is 12.9. The lowest BCUT2D eigenvalue weighted by molar-refractivity contribution is 0.862. The van der Waals surface area contributed by atoms with Crippen LogP contribution in [0.25, 0.3) is 21.8 Å². The van der Waals surface area contributed by atoms with Crippen molar-refractivity contribution in [3.05, 3.63) is 77.6 Å².